The standard InChI is InChI=1S/C9H13NO8.8Na.8H/c11-6(12)2-1-5(9(17)18)10(3-7(13)14)4-8(15)16;;;;;;;;;;;;;;;;/h5H,1-4H2,(H,11,12)(H,13,14)(H,15,16)(H,17,18);;;;;;;;;;;;;;;;/q;8*+1;8*-1/t5-;;;;;;;;;;;;;;;;/m1................/s1. The van der Waals surface area contributed by atoms with Gasteiger partial charge in [0.1, 0.15) is 6.04 Å². The third-order valence-electron chi connectivity index (χ3n) is 2.03. The van der Waals surface area contributed by atoms with Crippen molar-refractivity contribution < 1.29 is 287 Å². The van der Waals surface area contributed by atoms with Gasteiger partial charge < -0.3 is 31.8 Å². The Kier molecular flexibility index (Phi) is 79.1. The van der Waals surface area contributed by atoms with Crippen molar-refractivity contribution >= 4 is 23.9 Å². The molecule has 0 aromatic rings. The summed E-state index contributed by atoms with van der Waals surface area (Å²) in [6.07, 6.45) is -0.863. The molecule has 0 amide bonds. The minimum atomic E-state index is -1.46. The normalized spacial score (nSPS) is 8.35. The zero-order valence-corrected chi connectivity index (χ0v) is 33.3. The Bertz CT molecular complexity index is 386. The van der Waals surface area contributed by atoms with E-state index in [-0.39, 0.29) is 254 Å². The number of hydrogen-bond donors (Lipinski definition) is 4. The third kappa shape index (κ3) is 34.5. The maximum atomic E-state index is 10.9. The van der Waals surface area contributed by atoms with Crippen LogP contribution in [0.2, 0.25) is 0 Å². The molecule has 4 N–H and O–H groups in total. The first kappa shape index (κ1) is 58.1. The van der Waals surface area contributed by atoms with E-state index in [1.807, 2.05) is 0 Å². The molecule has 0 unspecified atom stereocenters. The van der Waals surface area contributed by atoms with E-state index in [0.717, 1.165) is 0 Å². The van der Waals surface area contributed by atoms with Crippen LogP contribution < -0.4 is 236 Å². The fourth-order valence-corrected chi connectivity index (χ4v) is 1.35. The van der Waals surface area contributed by atoms with E-state index in [1.54, 1.807) is 0 Å². The van der Waals surface area contributed by atoms with Crippen molar-refractivity contribution in [2.45, 2.75) is 18.9 Å². The summed E-state index contributed by atoms with van der Waals surface area (Å²) in [6, 6.07) is -1.46. The first-order valence-corrected chi connectivity index (χ1v) is 4.86. The van der Waals surface area contributed by atoms with Crippen LogP contribution in [-0.4, -0.2) is 68.3 Å². The van der Waals surface area contributed by atoms with Crippen molar-refractivity contribution in [2.75, 3.05) is 13.1 Å². The zero-order valence-electron chi connectivity index (χ0n) is 25.3. The average Bonchev–Trinajstić information content (AvgIpc) is 2.14. The number of nitrogens with zero attached hydrogens (tertiary/aromatic N) is 1. The molecule has 9 nitrogen and oxygen atoms in total. The molecule has 0 rings (SSSR count). The largest absolute Gasteiger partial charge is 1.00 e. The molecule has 17 heteroatoms. The van der Waals surface area contributed by atoms with E-state index in [0.29, 0.717) is 4.90 Å². The summed E-state index contributed by atoms with van der Waals surface area (Å²) in [5.74, 6) is -5.48. The molecule has 0 aliphatic rings. The Hall–Kier alpha value is 5.84. The van der Waals surface area contributed by atoms with Crippen LogP contribution in [0.1, 0.15) is 24.3 Å². The fraction of sp³-hybridized carbons (Fsp3) is 0.556. The van der Waals surface area contributed by atoms with Gasteiger partial charge in [-0.25, -0.2) is 0 Å². The number of carboxylic acids is 4. The van der Waals surface area contributed by atoms with Crippen LogP contribution in [0.5, 0.6) is 0 Å². The van der Waals surface area contributed by atoms with Gasteiger partial charge in [0.15, 0.2) is 0 Å². The van der Waals surface area contributed by atoms with Crippen LogP contribution in [0.25, 0.3) is 0 Å². The number of carboxylic acid groups (broad SMARTS) is 4. The molecule has 1 atom stereocenters. The van der Waals surface area contributed by atoms with Gasteiger partial charge in [-0.15, -0.1) is 0 Å². The molecular weight excluding hydrogens is 434 g/mol. The third-order valence-corrected chi connectivity index (χ3v) is 2.03. The molecule has 0 fully saturated rings. The van der Waals surface area contributed by atoms with Crippen molar-refractivity contribution in [3.05, 3.63) is 0 Å². The van der Waals surface area contributed by atoms with E-state index in [1.165, 1.54) is 0 Å². The number of aliphatic carboxylic acids is 4. The number of hydrogen-bond acceptors (Lipinski definition) is 5. The van der Waals surface area contributed by atoms with Gasteiger partial charge >= 0.3 is 260 Å². The molecule has 0 aromatic carbocycles. The molecule has 118 valence electrons. The van der Waals surface area contributed by atoms with Crippen LogP contribution in [0.15, 0.2) is 0 Å². The average molecular weight is 455 g/mol. The van der Waals surface area contributed by atoms with E-state index in [2.05, 4.69) is 0 Å². The minimum Gasteiger partial charge on any atom is -1.00 e. The molecule has 0 aliphatic carbocycles. The second-order valence-electron chi connectivity index (χ2n) is 3.48. The molecule has 0 aliphatic heterocycles. The van der Waals surface area contributed by atoms with Crippen molar-refractivity contribution in [3.63, 3.8) is 0 Å². The van der Waals surface area contributed by atoms with Crippen LogP contribution in [0, 0.1) is 0 Å². The maximum absolute atomic E-state index is 10.9. The van der Waals surface area contributed by atoms with Gasteiger partial charge in [0.05, 0.1) is 13.1 Å². The Morgan fingerprint density at radius 1 is 0.654 bits per heavy atom. The maximum Gasteiger partial charge on any atom is 1.00 e. The number of carbonyl (C=O) groups is 4. The van der Waals surface area contributed by atoms with Gasteiger partial charge in [0, 0.05) is 6.42 Å². The quantitative estimate of drug-likeness (QED) is 0.249. The molecule has 0 saturated carbocycles. The minimum absolute atomic E-state index is 0. The van der Waals surface area contributed by atoms with Gasteiger partial charge in [-0.1, -0.05) is 0 Å². The van der Waals surface area contributed by atoms with Crippen LogP contribution in [0.3, 0.4) is 0 Å². The first-order chi connectivity index (χ1) is 8.23. The van der Waals surface area contributed by atoms with Crippen LogP contribution in [-0.2, 0) is 19.2 Å². The second-order valence-corrected chi connectivity index (χ2v) is 3.48. The van der Waals surface area contributed by atoms with Gasteiger partial charge in [-0.2, -0.15) is 0 Å². The fourth-order valence-electron chi connectivity index (χ4n) is 1.35. The Labute approximate surface area is 340 Å². The van der Waals surface area contributed by atoms with Crippen molar-refractivity contribution in [1.29, 1.82) is 0 Å². The molecule has 0 saturated heterocycles. The van der Waals surface area contributed by atoms with Gasteiger partial charge in [0.2, 0.25) is 0 Å². The Morgan fingerprint density at radius 3 is 1.15 bits per heavy atom. The van der Waals surface area contributed by atoms with Crippen molar-refractivity contribution in [3.8, 4) is 0 Å². The molecular formula is C9H21NNa8O8. The summed E-state index contributed by atoms with van der Waals surface area (Å²) in [7, 11) is 0. The van der Waals surface area contributed by atoms with Crippen LogP contribution >= 0.6 is 0 Å². The SMILES string of the molecule is O=C(O)CC[C@H](C(=O)O)N(CC(=O)O)CC(=O)O.[H-].[H-].[H-].[H-].[H-].[H-].[H-].[H-].[Na+].[Na+].[Na+].[Na+].[Na+].[Na+].[Na+].[Na+]. The summed E-state index contributed by atoms with van der Waals surface area (Å²) in [5, 5.41) is 34.4. The summed E-state index contributed by atoms with van der Waals surface area (Å²) < 4.78 is 0. The van der Waals surface area contributed by atoms with E-state index in [4.69, 9.17) is 20.4 Å². The molecule has 0 spiro atoms. The predicted molar refractivity (Wildman–Crippen MR) is 64.0 cm³/mol. The Morgan fingerprint density at radius 2 is 0.962 bits per heavy atom. The molecule has 0 heterocycles. The molecule has 26 heavy (non-hydrogen) atoms. The molecule has 0 bridgehead atoms. The molecule has 0 aromatic heterocycles. The first-order valence-electron chi connectivity index (χ1n) is 4.86. The Balaban J connectivity index is -0.0000000120. The van der Waals surface area contributed by atoms with E-state index >= 15 is 0 Å². The number of rotatable bonds is 9. The smallest absolute Gasteiger partial charge is 1.00 e. The van der Waals surface area contributed by atoms with Crippen molar-refractivity contribution in [1.82, 2.24) is 4.90 Å². The van der Waals surface area contributed by atoms with E-state index in [9.17, 15) is 19.2 Å². The molecule has 0 radical (unpaired) electrons. The predicted octanol–water partition coefficient (Wildman–Crippen LogP) is -24.3. The van der Waals surface area contributed by atoms with Crippen molar-refractivity contribution in [2.24, 2.45) is 0 Å². The summed E-state index contributed by atoms with van der Waals surface area (Å²) in [5.41, 5.74) is 0. The topological polar surface area (TPSA) is 152 Å². The summed E-state index contributed by atoms with van der Waals surface area (Å²) in [4.78, 5) is 43.0. The van der Waals surface area contributed by atoms with Gasteiger partial charge in [-0.3, -0.25) is 24.1 Å². The monoisotopic (exact) mass is 455 g/mol. The summed E-state index contributed by atoms with van der Waals surface area (Å²) >= 11 is 0. The zero-order chi connectivity index (χ0) is 14.3. The van der Waals surface area contributed by atoms with Gasteiger partial charge in [-0.05, 0) is 6.42 Å². The second kappa shape index (κ2) is 35.4. The van der Waals surface area contributed by atoms with Crippen LogP contribution in [0.4, 0.5) is 0 Å². The van der Waals surface area contributed by atoms with Gasteiger partial charge in [0.25, 0.3) is 0 Å². The van der Waals surface area contributed by atoms with E-state index < -0.39 is 49.4 Å². The summed E-state index contributed by atoms with van der Waals surface area (Å²) in [6.45, 7) is -1.58.